The standard InChI is InChI=1S/C13H12F2O5/c1-3-20-12(18)13(14,15)9-6-4-8(5-7-9)10(16)11(17)19-2/h4-7H,3H2,1-2H3. The molecule has 0 unspecified atom stereocenters. The van der Waals surface area contributed by atoms with Crippen molar-refractivity contribution in [3.8, 4) is 0 Å². The summed E-state index contributed by atoms with van der Waals surface area (Å²) in [5, 5.41) is 0. The van der Waals surface area contributed by atoms with Gasteiger partial charge in [-0.15, -0.1) is 0 Å². The Labute approximate surface area is 113 Å². The summed E-state index contributed by atoms with van der Waals surface area (Å²) in [6.07, 6.45) is 0. The summed E-state index contributed by atoms with van der Waals surface area (Å²) in [7, 11) is 1.03. The number of methoxy groups -OCH3 is 1. The van der Waals surface area contributed by atoms with Crippen LogP contribution in [0.3, 0.4) is 0 Å². The van der Waals surface area contributed by atoms with Gasteiger partial charge in [-0.1, -0.05) is 24.3 Å². The number of hydrogen-bond donors (Lipinski definition) is 0. The first kappa shape index (κ1) is 15.7. The van der Waals surface area contributed by atoms with E-state index in [9.17, 15) is 23.2 Å². The Hall–Kier alpha value is -2.31. The number of halogens is 2. The highest BCUT2D eigenvalue weighted by Crippen LogP contribution is 2.29. The Balaban J connectivity index is 2.99. The van der Waals surface area contributed by atoms with Crippen LogP contribution in [0.5, 0.6) is 0 Å². The highest BCUT2D eigenvalue weighted by atomic mass is 19.3. The average molecular weight is 286 g/mol. The van der Waals surface area contributed by atoms with Crippen LogP contribution in [-0.2, 0) is 25.0 Å². The lowest BCUT2D eigenvalue weighted by molar-refractivity contribution is -0.173. The fourth-order valence-corrected chi connectivity index (χ4v) is 1.38. The van der Waals surface area contributed by atoms with Crippen molar-refractivity contribution in [2.45, 2.75) is 12.8 Å². The smallest absolute Gasteiger partial charge is 0.381 e. The van der Waals surface area contributed by atoms with Gasteiger partial charge in [-0.2, -0.15) is 8.78 Å². The number of ketones is 1. The number of hydrogen-bond acceptors (Lipinski definition) is 5. The Kier molecular flexibility index (Phi) is 4.90. The van der Waals surface area contributed by atoms with E-state index in [1.54, 1.807) is 0 Å². The highest BCUT2D eigenvalue weighted by molar-refractivity contribution is 6.40. The Morgan fingerprint density at radius 2 is 1.70 bits per heavy atom. The number of ether oxygens (including phenoxy) is 2. The Morgan fingerprint density at radius 1 is 1.15 bits per heavy atom. The van der Waals surface area contributed by atoms with E-state index in [1.165, 1.54) is 6.92 Å². The fourth-order valence-electron chi connectivity index (χ4n) is 1.38. The Bertz CT molecular complexity index is 522. The number of Topliss-reactive ketones (excluding diaryl/α,β-unsaturated/α-hetero) is 1. The number of rotatable bonds is 5. The molecule has 0 amide bonds. The van der Waals surface area contributed by atoms with Gasteiger partial charge in [0, 0.05) is 11.1 Å². The molecule has 0 aromatic heterocycles. The molecule has 0 heterocycles. The highest BCUT2D eigenvalue weighted by Gasteiger charge is 2.42. The van der Waals surface area contributed by atoms with E-state index >= 15 is 0 Å². The van der Waals surface area contributed by atoms with Crippen LogP contribution >= 0.6 is 0 Å². The van der Waals surface area contributed by atoms with Crippen molar-refractivity contribution in [1.29, 1.82) is 0 Å². The van der Waals surface area contributed by atoms with Gasteiger partial charge < -0.3 is 9.47 Å². The minimum atomic E-state index is -3.82. The quantitative estimate of drug-likeness (QED) is 0.468. The van der Waals surface area contributed by atoms with Crippen LogP contribution in [0, 0.1) is 0 Å². The van der Waals surface area contributed by atoms with Crippen LogP contribution in [0.2, 0.25) is 0 Å². The van der Waals surface area contributed by atoms with E-state index in [2.05, 4.69) is 9.47 Å². The molecule has 5 nitrogen and oxygen atoms in total. The van der Waals surface area contributed by atoms with Gasteiger partial charge in [0.1, 0.15) is 0 Å². The third-order valence-corrected chi connectivity index (χ3v) is 2.41. The van der Waals surface area contributed by atoms with Crippen molar-refractivity contribution in [1.82, 2.24) is 0 Å². The molecule has 0 spiro atoms. The molecule has 0 aliphatic carbocycles. The lowest BCUT2D eigenvalue weighted by Crippen LogP contribution is -2.28. The summed E-state index contributed by atoms with van der Waals surface area (Å²) in [6, 6.07) is 3.80. The lowest BCUT2D eigenvalue weighted by atomic mass is 10.0. The van der Waals surface area contributed by atoms with E-state index < -0.39 is 29.2 Å². The van der Waals surface area contributed by atoms with Crippen molar-refractivity contribution in [3.63, 3.8) is 0 Å². The van der Waals surface area contributed by atoms with Gasteiger partial charge in [0.15, 0.2) is 0 Å². The zero-order chi connectivity index (χ0) is 15.3. The number of alkyl halides is 2. The second kappa shape index (κ2) is 6.23. The van der Waals surface area contributed by atoms with Gasteiger partial charge in [-0.25, -0.2) is 9.59 Å². The number of benzene rings is 1. The maximum Gasteiger partial charge on any atom is 0.381 e. The lowest BCUT2D eigenvalue weighted by Gasteiger charge is -2.14. The summed E-state index contributed by atoms with van der Waals surface area (Å²) in [5.41, 5.74) is -0.738. The zero-order valence-electron chi connectivity index (χ0n) is 10.8. The minimum absolute atomic E-state index is 0.111. The molecule has 0 N–H and O–H groups in total. The van der Waals surface area contributed by atoms with E-state index in [0.29, 0.717) is 0 Å². The van der Waals surface area contributed by atoms with Gasteiger partial charge in [0.25, 0.3) is 5.78 Å². The van der Waals surface area contributed by atoms with Crippen LogP contribution in [0.1, 0.15) is 22.8 Å². The summed E-state index contributed by atoms with van der Waals surface area (Å²) >= 11 is 0. The van der Waals surface area contributed by atoms with Crippen LogP contribution in [0.25, 0.3) is 0 Å². The van der Waals surface area contributed by atoms with E-state index in [4.69, 9.17) is 0 Å². The van der Waals surface area contributed by atoms with Crippen LogP contribution in [0.4, 0.5) is 8.78 Å². The van der Waals surface area contributed by atoms with Crippen molar-refractivity contribution in [2.75, 3.05) is 13.7 Å². The number of esters is 2. The molecule has 0 radical (unpaired) electrons. The maximum atomic E-state index is 13.6. The molecule has 0 fully saturated rings. The first-order valence-corrected chi connectivity index (χ1v) is 5.62. The SMILES string of the molecule is CCOC(=O)C(F)(F)c1ccc(C(=O)C(=O)OC)cc1. The predicted octanol–water partition coefficient (Wildman–Crippen LogP) is 1.70. The summed E-state index contributed by atoms with van der Waals surface area (Å²) in [5.74, 6) is -7.55. The normalized spacial score (nSPS) is 10.8. The molecule has 0 bridgehead atoms. The molecule has 1 aromatic carbocycles. The van der Waals surface area contributed by atoms with Gasteiger partial charge in [-0.05, 0) is 6.92 Å². The molecule has 0 aliphatic heterocycles. The van der Waals surface area contributed by atoms with Crippen molar-refractivity contribution in [3.05, 3.63) is 35.4 Å². The molecule has 0 saturated carbocycles. The van der Waals surface area contributed by atoms with Gasteiger partial charge in [0.2, 0.25) is 0 Å². The largest absolute Gasteiger partial charge is 0.463 e. The van der Waals surface area contributed by atoms with Crippen molar-refractivity contribution in [2.24, 2.45) is 0 Å². The van der Waals surface area contributed by atoms with Crippen LogP contribution in [0.15, 0.2) is 24.3 Å². The van der Waals surface area contributed by atoms with E-state index in [1.807, 2.05) is 0 Å². The van der Waals surface area contributed by atoms with Crippen LogP contribution in [-0.4, -0.2) is 31.4 Å². The molecule has 7 heteroatoms. The second-order valence-corrected chi connectivity index (χ2v) is 3.69. The minimum Gasteiger partial charge on any atom is -0.463 e. The molecule has 0 atom stereocenters. The molecule has 0 saturated heterocycles. The molecular weight excluding hydrogens is 274 g/mol. The Morgan fingerprint density at radius 3 is 2.15 bits per heavy atom. The topological polar surface area (TPSA) is 69.7 Å². The summed E-state index contributed by atoms with van der Waals surface area (Å²) in [4.78, 5) is 33.5. The molecule has 108 valence electrons. The number of carbonyl (C=O) groups excluding carboxylic acids is 3. The molecule has 1 aromatic rings. The first-order valence-electron chi connectivity index (χ1n) is 5.62. The molecular formula is C13H12F2O5. The predicted molar refractivity (Wildman–Crippen MR) is 63.3 cm³/mol. The average Bonchev–Trinajstić information content (AvgIpc) is 2.46. The van der Waals surface area contributed by atoms with E-state index in [0.717, 1.165) is 31.4 Å². The molecule has 1 rings (SSSR count). The van der Waals surface area contributed by atoms with Crippen molar-refractivity contribution < 1.29 is 32.6 Å². The molecule has 20 heavy (non-hydrogen) atoms. The second-order valence-electron chi connectivity index (χ2n) is 3.69. The monoisotopic (exact) mass is 286 g/mol. The summed E-state index contributed by atoms with van der Waals surface area (Å²) in [6.45, 7) is 1.24. The van der Waals surface area contributed by atoms with Crippen molar-refractivity contribution >= 4 is 17.7 Å². The van der Waals surface area contributed by atoms with Gasteiger partial charge in [0.05, 0.1) is 13.7 Å². The maximum absolute atomic E-state index is 13.6. The molecule has 0 aliphatic rings. The van der Waals surface area contributed by atoms with Gasteiger partial charge >= 0.3 is 17.9 Å². The van der Waals surface area contributed by atoms with E-state index in [-0.39, 0.29) is 12.2 Å². The number of carbonyl (C=O) groups is 3. The van der Waals surface area contributed by atoms with Crippen LogP contribution < -0.4 is 0 Å². The fraction of sp³-hybridized carbons (Fsp3) is 0.308. The first-order chi connectivity index (χ1) is 9.34. The third-order valence-electron chi connectivity index (χ3n) is 2.41. The summed E-state index contributed by atoms with van der Waals surface area (Å²) < 4.78 is 35.8. The third kappa shape index (κ3) is 3.17. The van der Waals surface area contributed by atoms with Gasteiger partial charge in [-0.3, -0.25) is 4.79 Å². The zero-order valence-corrected chi connectivity index (χ0v) is 10.8.